The maximum Gasteiger partial charge on any atom is 0.137 e. The van der Waals surface area contributed by atoms with Crippen LogP contribution in [0.15, 0.2) is 39.7 Å². The summed E-state index contributed by atoms with van der Waals surface area (Å²) in [6.07, 6.45) is 5.01. The molecule has 1 aliphatic carbocycles. The van der Waals surface area contributed by atoms with Gasteiger partial charge in [-0.15, -0.1) is 11.3 Å². The second kappa shape index (κ2) is 8.99. The molecule has 1 saturated carbocycles. The molecule has 6 heteroatoms. The summed E-state index contributed by atoms with van der Waals surface area (Å²) in [7, 11) is 0. The first-order valence-electron chi connectivity index (χ1n) is 9.53. The number of allylic oxidation sites excluding steroid dienone is 1. The van der Waals surface area contributed by atoms with E-state index in [1.807, 2.05) is 12.1 Å². The van der Waals surface area contributed by atoms with Crippen LogP contribution >= 0.6 is 38.9 Å². The minimum absolute atomic E-state index is 0.690. The zero-order chi connectivity index (χ0) is 18.6. The number of rotatable bonds is 8. The van der Waals surface area contributed by atoms with Crippen LogP contribution in [0.4, 0.5) is 0 Å². The number of ether oxygens (including phenoxy) is 1. The van der Waals surface area contributed by atoms with Crippen LogP contribution in [-0.4, -0.2) is 31.1 Å². The Balaban J connectivity index is 1.33. The molecule has 27 heavy (non-hydrogen) atoms. The molecule has 1 N–H and O–H groups in total. The molecule has 0 radical (unpaired) electrons. The molecule has 2 fully saturated rings. The second-order valence-corrected chi connectivity index (χ2v) is 9.36. The minimum atomic E-state index is 0.690. The smallest absolute Gasteiger partial charge is 0.137 e. The van der Waals surface area contributed by atoms with Crippen LogP contribution in [-0.2, 0) is 6.54 Å². The van der Waals surface area contributed by atoms with E-state index >= 15 is 0 Å². The fourth-order valence-corrected chi connectivity index (χ4v) is 5.15. The lowest BCUT2D eigenvalue weighted by Crippen LogP contribution is -2.25. The van der Waals surface area contributed by atoms with Crippen LogP contribution in [0.3, 0.4) is 0 Å². The van der Waals surface area contributed by atoms with E-state index in [2.05, 4.69) is 43.7 Å². The predicted molar refractivity (Wildman–Crippen MR) is 118 cm³/mol. The first kappa shape index (κ1) is 19.3. The molecule has 2 heterocycles. The third kappa shape index (κ3) is 5.29. The third-order valence-corrected chi connectivity index (χ3v) is 7.00. The van der Waals surface area contributed by atoms with Crippen molar-refractivity contribution < 1.29 is 4.74 Å². The molecule has 0 atom stereocenters. The highest BCUT2D eigenvalue weighted by atomic mass is 79.9. The molecular weight excluding hydrogens is 444 g/mol. The second-order valence-electron chi connectivity index (χ2n) is 7.12. The van der Waals surface area contributed by atoms with Crippen LogP contribution in [0.1, 0.15) is 36.1 Å². The van der Waals surface area contributed by atoms with E-state index in [1.165, 1.54) is 60.5 Å². The molecule has 4 rings (SSSR count). The van der Waals surface area contributed by atoms with Crippen molar-refractivity contribution in [3.05, 3.63) is 55.2 Å². The Morgan fingerprint density at radius 2 is 2.04 bits per heavy atom. The van der Waals surface area contributed by atoms with Gasteiger partial charge in [0.05, 0.1) is 15.6 Å². The molecule has 2 aromatic rings. The average Bonchev–Trinajstić information content (AvgIpc) is 3.18. The zero-order valence-electron chi connectivity index (χ0n) is 15.3. The lowest BCUT2D eigenvalue weighted by molar-refractivity contribution is 0.238. The van der Waals surface area contributed by atoms with Gasteiger partial charge in [-0.3, -0.25) is 4.90 Å². The number of thiophene rings is 1. The van der Waals surface area contributed by atoms with E-state index in [-0.39, 0.29) is 0 Å². The van der Waals surface area contributed by atoms with E-state index in [0.29, 0.717) is 11.6 Å². The van der Waals surface area contributed by atoms with Crippen molar-refractivity contribution in [3.8, 4) is 5.75 Å². The number of nitrogens with one attached hydrogen (secondary N) is 1. The Labute approximate surface area is 178 Å². The Morgan fingerprint density at radius 1 is 1.22 bits per heavy atom. The van der Waals surface area contributed by atoms with Crippen molar-refractivity contribution in [1.82, 2.24) is 10.2 Å². The number of benzene rings is 1. The number of likely N-dealkylation sites (tertiary alicyclic amines) is 1. The third-order valence-electron chi connectivity index (χ3n) is 5.00. The molecule has 1 aromatic carbocycles. The summed E-state index contributed by atoms with van der Waals surface area (Å²) in [4.78, 5) is 3.74. The fraction of sp³-hybridized carbons (Fsp3) is 0.429. The summed E-state index contributed by atoms with van der Waals surface area (Å²) in [5, 5.41) is 6.44. The molecule has 1 aromatic heterocycles. The van der Waals surface area contributed by atoms with Crippen molar-refractivity contribution in [1.29, 1.82) is 0 Å². The van der Waals surface area contributed by atoms with Gasteiger partial charge in [0.25, 0.3) is 0 Å². The molecule has 1 aliphatic heterocycles. The monoisotopic (exact) mass is 466 g/mol. The quantitative estimate of drug-likeness (QED) is 0.520. The van der Waals surface area contributed by atoms with E-state index in [0.717, 1.165) is 23.3 Å². The lowest BCUT2D eigenvalue weighted by atomic mass is 10.2. The largest absolute Gasteiger partial charge is 0.491 e. The Kier molecular flexibility index (Phi) is 6.43. The molecule has 1 saturated heterocycles. The van der Waals surface area contributed by atoms with E-state index in [4.69, 9.17) is 16.3 Å². The lowest BCUT2D eigenvalue weighted by Gasteiger charge is -2.16. The molecule has 0 unspecified atom stereocenters. The van der Waals surface area contributed by atoms with Crippen molar-refractivity contribution >= 4 is 44.6 Å². The number of nitrogens with zero attached hydrogens (tertiary/aromatic N) is 1. The van der Waals surface area contributed by atoms with Gasteiger partial charge in [-0.2, -0.15) is 0 Å². The van der Waals surface area contributed by atoms with Crippen LogP contribution in [0.25, 0.3) is 5.70 Å². The summed E-state index contributed by atoms with van der Waals surface area (Å²) < 4.78 is 7.03. The summed E-state index contributed by atoms with van der Waals surface area (Å²) in [6.45, 7) is 4.83. The molecule has 2 aliphatic rings. The topological polar surface area (TPSA) is 24.5 Å². The number of hydrogen-bond donors (Lipinski definition) is 1. The Bertz CT molecular complexity index is 823. The van der Waals surface area contributed by atoms with Crippen molar-refractivity contribution in [3.63, 3.8) is 0 Å². The summed E-state index contributed by atoms with van der Waals surface area (Å²) in [6, 6.07) is 8.29. The number of halogens is 2. The molecular formula is C21H24BrClN2OS. The SMILES string of the molecule is Clc1cc(CNC(=C2CC2)c2cc(Br)cs2)ccc1OCCN1CCCC1. The molecule has 144 valence electrons. The predicted octanol–water partition coefficient (Wildman–Crippen LogP) is 5.93. The van der Waals surface area contributed by atoms with Crippen molar-refractivity contribution in [2.75, 3.05) is 26.2 Å². The van der Waals surface area contributed by atoms with Gasteiger partial charge in [-0.05, 0) is 84.0 Å². The summed E-state index contributed by atoms with van der Waals surface area (Å²) >= 11 is 11.8. The van der Waals surface area contributed by atoms with Crippen molar-refractivity contribution in [2.24, 2.45) is 0 Å². The van der Waals surface area contributed by atoms with Crippen LogP contribution < -0.4 is 10.1 Å². The maximum absolute atomic E-state index is 6.45. The van der Waals surface area contributed by atoms with Crippen molar-refractivity contribution in [2.45, 2.75) is 32.2 Å². The van der Waals surface area contributed by atoms with E-state index < -0.39 is 0 Å². The zero-order valence-corrected chi connectivity index (χ0v) is 18.4. The molecule has 0 bridgehead atoms. The van der Waals surface area contributed by atoms with Gasteiger partial charge >= 0.3 is 0 Å². The van der Waals surface area contributed by atoms with Gasteiger partial charge < -0.3 is 10.1 Å². The van der Waals surface area contributed by atoms with Gasteiger partial charge in [-0.1, -0.05) is 17.7 Å². The van der Waals surface area contributed by atoms with Gasteiger partial charge in [0, 0.05) is 22.9 Å². The first-order chi connectivity index (χ1) is 13.2. The van der Waals surface area contributed by atoms with E-state index in [1.54, 1.807) is 11.3 Å². The highest BCUT2D eigenvalue weighted by Gasteiger charge is 2.20. The van der Waals surface area contributed by atoms with Gasteiger partial charge in [0.2, 0.25) is 0 Å². The van der Waals surface area contributed by atoms with Gasteiger partial charge in [0.15, 0.2) is 0 Å². The normalized spacial score (nSPS) is 16.6. The minimum Gasteiger partial charge on any atom is -0.491 e. The van der Waals surface area contributed by atoms with E-state index in [9.17, 15) is 0 Å². The summed E-state index contributed by atoms with van der Waals surface area (Å²) in [5.41, 5.74) is 3.96. The van der Waals surface area contributed by atoms with Gasteiger partial charge in [-0.25, -0.2) is 0 Å². The Hall–Kier alpha value is -1.01. The first-order valence-corrected chi connectivity index (χ1v) is 11.6. The fourth-order valence-electron chi connectivity index (χ4n) is 3.40. The molecule has 0 amide bonds. The van der Waals surface area contributed by atoms with Crippen LogP contribution in [0.2, 0.25) is 5.02 Å². The molecule has 0 spiro atoms. The number of hydrogen-bond acceptors (Lipinski definition) is 4. The maximum atomic E-state index is 6.45. The Morgan fingerprint density at radius 3 is 2.70 bits per heavy atom. The van der Waals surface area contributed by atoms with Gasteiger partial charge in [0.1, 0.15) is 12.4 Å². The standard InChI is InChI=1S/C21H24BrClN2OS/c22-17-12-20(27-14-17)21(16-4-5-16)24-13-15-3-6-19(18(23)11-15)26-10-9-25-7-1-2-8-25/h3,6,11-12,14,24H,1-2,4-5,7-10,13H2. The summed E-state index contributed by atoms with van der Waals surface area (Å²) in [5.74, 6) is 0.780. The molecule has 3 nitrogen and oxygen atoms in total. The average molecular weight is 468 g/mol. The van der Waals surface area contributed by atoms with Crippen LogP contribution in [0, 0.1) is 0 Å². The highest BCUT2D eigenvalue weighted by molar-refractivity contribution is 9.10. The highest BCUT2D eigenvalue weighted by Crippen LogP contribution is 2.38. The van der Waals surface area contributed by atoms with Crippen LogP contribution in [0.5, 0.6) is 5.75 Å².